The first-order valence-corrected chi connectivity index (χ1v) is 7.13. The monoisotopic (exact) mass is 308 g/mol. The Balaban J connectivity index is 1.90. The zero-order chi connectivity index (χ0) is 16.7. The first kappa shape index (κ1) is 16.2. The second kappa shape index (κ2) is 7.76. The topological polar surface area (TPSA) is 79.2 Å². The summed E-state index contributed by atoms with van der Waals surface area (Å²) in [6, 6.07) is 17.5. The molecule has 0 aliphatic heterocycles. The molecule has 0 bridgehead atoms. The van der Waals surface area contributed by atoms with Crippen molar-refractivity contribution in [1.29, 1.82) is 5.26 Å². The van der Waals surface area contributed by atoms with E-state index < -0.39 is 12.1 Å². The van der Waals surface area contributed by atoms with Crippen molar-refractivity contribution >= 4 is 11.9 Å². The lowest BCUT2D eigenvalue weighted by Gasteiger charge is -2.13. The largest absolute Gasteiger partial charge is 0.449 e. The van der Waals surface area contributed by atoms with Gasteiger partial charge in [0.15, 0.2) is 6.10 Å². The predicted octanol–water partition coefficient (Wildman–Crippen LogP) is 2.42. The van der Waals surface area contributed by atoms with Crippen LogP contribution in [-0.4, -0.2) is 18.0 Å². The highest BCUT2D eigenvalue weighted by molar-refractivity contribution is 5.92. The van der Waals surface area contributed by atoms with Crippen molar-refractivity contribution in [3.63, 3.8) is 0 Å². The van der Waals surface area contributed by atoms with Gasteiger partial charge in [-0.3, -0.25) is 4.79 Å². The highest BCUT2D eigenvalue weighted by atomic mass is 16.5. The second-order valence-electron chi connectivity index (χ2n) is 4.94. The number of amides is 1. The van der Waals surface area contributed by atoms with Gasteiger partial charge in [-0.1, -0.05) is 36.4 Å². The molecule has 2 rings (SSSR count). The SMILES string of the molecule is CC(OC(=O)c1cccc(C#N)c1)C(=O)NCc1ccccc1. The molecule has 0 aliphatic rings. The van der Waals surface area contributed by atoms with Crippen LogP contribution in [0.5, 0.6) is 0 Å². The first-order valence-electron chi connectivity index (χ1n) is 7.13. The van der Waals surface area contributed by atoms with Crippen molar-refractivity contribution in [2.24, 2.45) is 0 Å². The minimum atomic E-state index is -0.919. The Bertz CT molecular complexity index is 735. The van der Waals surface area contributed by atoms with Crippen molar-refractivity contribution in [3.05, 3.63) is 71.3 Å². The number of benzene rings is 2. The number of nitrogens with zero attached hydrogens (tertiary/aromatic N) is 1. The minimum absolute atomic E-state index is 0.242. The van der Waals surface area contributed by atoms with Gasteiger partial charge in [0.2, 0.25) is 0 Å². The maximum absolute atomic E-state index is 12.0. The Kier molecular flexibility index (Phi) is 5.48. The maximum atomic E-state index is 12.0. The van der Waals surface area contributed by atoms with Gasteiger partial charge < -0.3 is 10.1 Å². The van der Waals surface area contributed by atoms with Crippen LogP contribution < -0.4 is 5.32 Å². The normalized spacial score (nSPS) is 11.1. The summed E-state index contributed by atoms with van der Waals surface area (Å²) >= 11 is 0. The van der Waals surface area contributed by atoms with E-state index in [0.29, 0.717) is 12.1 Å². The van der Waals surface area contributed by atoms with Gasteiger partial charge in [-0.2, -0.15) is 5.26 Å². The van der Waals surface area contributed by atoms with E-state index >= 15 is 0 Å². The summed E-state index contributed by atoms with van der Waals surface area (Å²) < 4.78 is 5.13. The van der Waals surface area contributed by atoms with E-state index in [1.54, 1.807) is 12.1 Å². The number of carbonyl (C=O) groups excluding carboxylic acids is 2. The molecule has 2 aromatic rings. The minimum Gasteiger partial charge on any atom is -0.449 e. The summed E-state index contributed by atoms with van der Waals surface area (Å²) in [5.41, 5.74) is 1.56. The Morgan fingerprint density at radius 3 is 2.61 bits per heavy atom. The number of carbonyl (C=O) groups is 2. The van der Waals surface area contributed by atoms with E-state index in [2.05, 4.69) is 5.32 Å². The standard InChI is InChI=1S/C18H16N2O3/c1-13(17(21)20-12-14-6-3-2-4-7-14)23-18(22)16-9-5-8-15(10-16)11-19/h2-10,13H,12H2,1H3,(H,20,21). The molecule has 0 aliphatic carbocycles. The van der Waals surface area contributed by atoms with Crippen LogP contribution in [0.1, 0.15) is 28.4 Å². The van der Waals surface area contributed by atoms with Gasteiger partial charge in [0, 0.05) is 6.54 Å². The zero-order valence-electron chi connectivity index (χ0n) is 12.7. The molecular formula is C18H16N2O3. The third kappa shape index (κ3) is 4.68. The Labute approximate surface area is 134 Å². The van der Waals surface area contributed by atoms with E-state index in [-0.39, 0.29) is 11.5 Å². The van der Waals surface area contributed by atoms with Crippen LogP contribution in [0.15, 0.2) is 54.6 Å². The van der Waals surface area contributed by atoms with Gasteiger partial charge >= 0.3 is 5.97 Å². The maximum Gasteiger partial charge on any atom is 0.338 e. The molecule has 0 aromatic heterocycles. The Morgan fingerprint density at radius 2 is 1.91 bits per heavy atom. The van der Waals surface area contributed by atoms with Gasteiger partial charge in [-0.15, -0.1) is 0 Å². The molecule has 2 aromatic carbocycles. The Morgan fingerprint density at radius 1 is 1.17 bits per heavy atom. The molecule has 1 amide bonds. The molecule has 5 heteroatoms. The number of rotatable bonds is 5. The summed E-state index contributed by atoms with van der Waals surface area (Å²) in [4.78, 5) is 24.0. The van der Waals surface area contributed by atoms with Crippen LogP contribution >= 0.6 is 0 Å². The predicted molar refractivity (Wildman–Crippen MR) is 84.3 cm³/mol. The number of ether oxygens (including phenoxy) is 1. The van der Waals surface area contributed by atoms with E-state index in [9.17, 15) is 9.59 Å². The summed E-state index contributed by atoms with van der Waals surface area (Å²) in [5.74, 6) is -1.01. The van der Waals surface area contributed by atoms with E-state index in [1.165, 1.54) is 19.1 Å². The molecule has 0 spiro atoms. The van der Waals surface area contributed by atoms with E-state index in [1.807, 2.05) is 36.4 Å². The number of hydrogen-bond acceptors (Lipinski definition) is 4. The third-order valence-corrected chi connectivity index (χ3v) is 3.19. The van der Waals surface area contributed by atoms with Crippen molar-refractivity contribution in [1.82, 2.24) is 5.32 Å². The molecule has 1 N–H and O–H groups in total. The molecule has 1 unspecified atom stereocenters. The fraction of sp³-hybridized carbons (Fsp3) is 0.167. The molecule has 0 saturated heterocycles. The zero-order valence-corrected chi connectivity index (χ0v) is 12.7. The van der Waals surface area contributed by atoms with Crippen molar-refractivity contribution < 1.29 is 14.3 Å². The molecule has 0 radical (unpaired) electrons. The second-order valence-corrected chi connectivity index (χ2v) is 4.94. The van der Waals surface area contributed by atoms with E-state index in [0.717, 1.165) is 5.56 Å². The third-order valence-electron chi connectivity index (χ3n) is 3.19. The number of nitrogens with one attached hydrogen (secondary N) is 1. The van der Waals surface area contributed by atoms with Crippen molar-refractivity contribution in [3.8, 4) is 6.07 Å². The Hall–Kier alpha value is -3.13. The molecule has 23 heavy (non-hydrogen) atoms. The van der Waals surface area contributed by atoms with E-state index in [4.69, 9.17) is 10.00 Å². The average molecular weight is 308 g/mol. The smallest absolute Gasteiger partial charge is 0.338 e. The first-order chi connectivity index (χ1) is 11.1. The molecule has 0 fully saturated rings. The fourth-order valence-corrected chi connectivity index (χ4v) is 1.93. The highest BCUT2D eigenvalue weighted by Crippen LogP contribution is 2.08. The van der Waals surface area contributed by atoms with Crippen LogP contribution in [0, 0.1) is 11.3 Å². The fourth-order valence-electron chi connectivity index (χ4n) is 1.93. The van der Waals surface area contributed by atoms with Gasteiger partial charge in [-0.25, -0.2) is 4.79 Å². The molecule has 1 atom stereocenters. The molecular weight excluding hydrogens is 292 g/mol. The molecule has 5 nitrogen and oxygen atoms in total. The molecule has 0 heterocycles. The quantitative estimate of drug-likeness (QED) is 0.860. The lowest BCUT2D eigenvalue weighted by molar-refractivity contribution is -0.129. The van der Waals surface area contributed by atoms with Crippen molar-refractivity contribution in [2.45, 2.75) is 19.6 Å². The van der Waals surface area contributed by atoms with Gasteiger partial charge in [0.1, 0.15) is 0 Å². The lowest BCUT2D eigenvalue weighted by atomic mass is 10.1. The van der Waals surface area contributed by atoms with Crippen molar-refractivity contribution in [2.75, 3.05) is 0 Å². The van der Waals surface area contributed by atoms with Gasteiger partial charge in [0.25, 0.3) is 5.91 Å². The number of nitriles is 1. The summed E-state index contributed by atoms with van der Waals surface area (Å²) in [7, 11) is 0. The lowest BCUT2D eigenvalue weighted by Crippen LogP contribution is -2.35. The summed E-state index contributed by atoms with van der Waals surface area (Å²) in [6.07, 6.45) is -0.919. The molecule has 116 valence electrons. The van der Waals surface area contributed by atoms with Crippen LogP contribution in [0.4, 0.5) is 0 Å². The number of esters is 1. The number of hydrogen-bond donors (Lipinski definition) is 1. The van der Waals surface area contributed by atoms with Crippen LogP contribution in [0.3, 0.4) is 0 Å². The van der Waals surface area contributed by atoms with Gasteiger partial charge in [-0.05, 0) is 30.7 Å². The van der Waals surface area contributed by atoms with Crippen LogP contribution in [-0.2, 0) is 16.1 Å². The summed E-state index contributed by atoms with van der Waals surface area (Å²) in [6.45, 7) is 1.87. The van der Waals surface area contributed by atoms with Crippen LogP contribution in [0.2, 0.25) is 0 Å². The van der Waals surface area contributed by atoms with Gasteiger partial charge in [0.05, 0.1) is 17.2 Å². The highest BCUT2D eigenvalue weighted by Gasteiger charge is 2.18. The average Bonchev–Trinajstić information content (AvgIpc) is 2.60. The summed E-state index contributed by atoms with van der Waals surface area (Å²) in [5, 5.41) is 11.5. The van der Waals surface area contributed by atoms with Crippen LogP contribution in [0.25, 0.3) is 0 Å². The molecule has 0 saturated carbocycles.